The zero-order valence-electron chi connectivity index (χ0n) is 8.69. The summed E-state index contributed by atoms with van der Waals surface area (Å²) in [6, 6.07) is 5.51. The van der Waals surface area contributed by atoms with Crippen LogP contribution in [0.3, 0.4) is 0 Å². The molecule has 1 atom stereocenters. The Kier molecular flexibility index (Phi) is 2.92. The van der Waals surface area contributed by atoms with Gasteiger partial charge in [0.25, 0.3) is 0 Å². The van der Waals surface area contributed by atoms with E-state index >= 15 is 0 Å². The highest BCUT2D eigenvalue weighted by Gasteiger charge is 2.27. The highest BCUT2D eigenvalue weighted by atomic mass is 35.5. The van der Waals surface area contributed by atoms with Gasteiger partial charge >= 0.3 is 6.09 Å². The van der Waals surface area contributed by atoms with E-state index in [9.17, 15) is 4.79 Å². The minimum atomic E-state index is -0.857. The molecule has 86 valence electrons. The molecule has 16 heavy (non-hydrogen) atoms. The number of carbonyl (C=O) groups is 1. The predicted molar refractivity (Wildman–Crippen MR) is 62.8 cm³/mol. The number of rotatable bonds is 1. The van der Waals surface area contributed by atoms with Crippen molar-refractivity contribution in [2.24, 2.45) is 0 Å². The van der Waals surface area contributed by atoms with Crippen LogP contribution in [-0.2, 0) is 0 Å². The molecule has 3 N–H and O–H groups in total. The van der Waals surface area contributed by atoms with Crippen molar-refractivity contribution < 1.29 is 9.90 Å². The molecule has 0 aromatic heterocycles. The fraction of sp³-hybridized carbons (Fsp3) is 0.364. The summed E-state index contributed by atoms with van der Waals surface area (Å²) in [5, 5.41) is 9.39. The highest BCUT2D eigenvalue weighted by molar-refractivity contribution is 6.33. The summed E-state index contributed by atoms with van der Waals surface area (Å²) in [4.78, 5) is 12.2. The molecule has 0 unspecified atom stereocenters. The maximum atomic E-state index is 10.8. The van der Waals surface area contributed by atoms with Gasteiger partial charge in [-0.15, -0.1) is 0 Å². The van der Waals surface area contributed by atoms with E-state index in [1.807, 2.05) is 12.1 Å². The third-order valence-electron chi connectivity index (χ3n) is 2.95. The van der Waals surface area contributed by atoms with Gasteiger partial charge in [-0.25, -0.2) is 4.79 Å². The monoisotopic (exact) mass is 240 g/mol. The molecule has 1 aromatic carbocycles. The SMILES string of the molecule is Nc1ccc([C@@H]2CCN(C(=O)O)C2)cc1Cl. The van der Waals surface area contributed by atoms with Gasteiger partial charge in [-0.2, -0.15) is 0 Å². The number of hydrogen-bond acceptors (Lipinski definition) is 2. The lowest BCUT2D eigenvalue weighted by Crippen LogP contribution is -2.26. The smallest absolute Gasteiger partial charge is 0.407 e. The van der Waals surface area contributed by atoms with Crippen molar-refractivity contribution in [2.45, 2.75) is 12.3 Å². The largest absolute Gasteiger partial charge is 0.465 e. The van der Waals surface area contributed by atoms with Crippen LogP contribution in [0.2, 0.25) is 5.02 Å². The number of halogens is 1. The van der Waals surface area contributed by atoms with Gasteiger partial charge in [0.2, 0.25) is 0 Å². The molecule has 2 rings (SSSR count). The van der Waals surface area contributed by atoms with Crippen molar-refractivity contribution in [1.29, 1.82) is 0 Å². The molecule has 1 heterocycles. The number of benzene rings is 1. The third kappa shape index (κ3) is 2.07. The summed E-state index contributed by atoms with van der Waals surface area (Å²) >= 11 is 5.94. The standard InChI is InChI=1S/C11H13ClN2O2/c12-9-5-7(1-2-10(9)13)8-3-4-14(6-8)11(15)16/h1-2,5,8H,3-4,6,13H2,(H,15,16)/t8-/m1/s1. The average molecular weight is 241 g/mol. The summed E-state index contributed by atoms with van der Waals surface area (Å²) in [6.07, 6.45) is -0.0175. The summed E-state index contributed by atoms with van der Waals surface area (Å²) in [7, 11) is 0. The number of likely N-dealkylation sites (tertiary alicyclic amines) is 1. The first-order valence-corrected chi connectivity index (χ1v) is 5.48. The second-order valence-corrected chi connectivity index (χ2v) is 4.40. The lowest BCUT2D eigenvalue weighted by atomic mass is 9.98. The van der Waals surface area contributed by atoms with Crippen molar-refractivity contribution in [3.8, 4) is 0 Å². The third-order valence-corrected chi connectivity index (χ3v) is 3.28. The van der Waals surface area contributed by atoms with E-state index in [0.717, 1.165) is 12.0 Å². The molecule has 0 spiro atoms. The van der Waals surface area contributed by atoms with Gasteiger partial charge in [0.05, 0.1) is 10.7 Å². The maximum absolute atomic E-state index is 10.8. The zero-order chi connectivity index (χ0) is 11.7. The predicted octanol–water partition coefficient (Wildman–Crippen LogP) is 2.39. The van der Waals surface area contributed by atoms with Crippen molar-refractivity contribution in [3.63, 3.8) is 0 Å². The molecular weight excluding hydrogens is 228 g/mol. The van der Waals surface area contributed by atoms with Crippen LogP contribution in [0.15, 0.2) is 18.2 Å². The molecule has 1 fully saturated rings. The van der Waals surface area contributed by atoms with Gasteiger partial charge < -0.3 is 15.7 Å². The van der Waals surface area contributed by atoms with Crippen LogP contribution in [0.5, 0.6) is 0 Å². The number of hydrogen-bond donors (Lipinski definition) is 2. The van der Waals surface area contributed by atoms with Crippen LogP contribution in [0.25, 0.3) is 0 Å². The minimum absolute atomic E-state index is 0.231. The average Bonchev–Trinajstić information content (AvgIpc) is 2.71. The van der Waals surface area contributed by atoms with Crippen LogP contribution in [0.4, 0.5) is 10.5 Å². The Labute approximate surface area is 98.6 Å². The maximum Gasteiger partial charge on any atom is 0.407 e. The summed E-state index contributed by atoms with van der Waals surface area (Å²) in [6.45, 7) is 1.12. The summed E-state index contributed by atoms with van der Waals surface area (Å²) in [5.74, 6) is 0.231. The Morgan fingerprint density at radius 3 is 2.88 bits per heavy atom. The summed E-state index contributed by atoms with van der Waals surface area (Å²) < 4.78 is 0. The molecule has 0 saturated carbocycles. The fourth-order valence-corrected chi connectivity index (χ4v) is 2.19. The van der Waals surface area contributed by atoms with Gasteiger partial charge in [0.15, 0.2) is 0 Å². The number of anilines is 1. The first kappa shape index (κ1) is 11.1. The Morgan fingerprint density at radius 1 is 1.56 bits per heavy atom. The molecule has 0 radical (unpaired) electrons. The minimum Gasteiger partial charge on any atom is -0.465 e. The number of nitrogen functional groups attached to an aromatic ring is 1. The van der Waals surface area contributed by atoms with E-state index in [4.69, 9.17) is 22.4 Å². The zero-order valence-corrected chi connectivity index (χ0v) is 9.44. The molecule has 1 aromatic rings. The molecule has 1 saturated heterocycles. The molecular formula is C11H13ClN2O2. The van der Waals surface area contributed by atoms with Crippen LogP contribution < -0.4 is 5.73 Å². The van der Waals surface area contributed by atoms with E-state index in [1.54, 1.807) is 6.07 Å². The molecule has 4 nitrogen and oxygen atoms in total. The number of nitrogens with two attached hydrogens (primary N) is 1. The second kappa shape index (κ2) is 4.22. The lowest BCUT2D eigenvalue weighted by molar-refractivity contribution is 0.155. The molecule has 5 heteroatoms. The van der Waals surface area contributed by atoms with Gasteiger partial charge in [-0.1, -0.05) is 17.7 Å². The fourth-order valence-electron chi connectivity index (χ4n) is 2.00. The molecule has 1 amide bonds. The highest BCUT2D eigenvalue weighted by Crippen LogP contribution is 2.30. The quantitative estimate of drug-likeness (QED) is 0.741. The molecule has 0 bridgehead atoms. The Bertz CT molecular complexity index is 422. The number of nitrogens with zero attached hydrogens (tertiary/aromatic N) is 1. The van der Waals surface area contributed by atoms with E-state index < -0.39 is 6.09 Å². The van der Waals surface area contributed by atoms with Crippen LogP contribution >= 0.6 is 11.6 Å². The molecule has 0 aliphatic carbocycles. The van der Waals surface area contributed by atoms with Crippen molar-refractivity contribution in [3.05, 3.63) is 28.8 Å². The lowest BCUT2D eigenvalue weighted by Gasteiger charge is -2.13. The topological polar surface area (TPSA) is 66.6 Å². The van der Waals surface area contributed by atoms with Gasteiger partial charge in [-0.3, -0.25) is 0 Å². The van der Waals surface area contributed by atoms with E-state index in [1.165, 1.54) is 4.90 Å². The second-order valence-electron chi connectivity index (χ2n) is 4.00. The molecule has 1 aliphatic heterocycles. The van der Waals surface area contributed by atoms with Crippen molar-refractivity contribution in [2.75, 3.05) is 18.8 Å². The van der Waals surface area contributed by atoms with Gasteiger partial charge in [0, 0.05) is 19.0 Å². The Morgan fingerprint density at radius 2 is 2.31 bits per heavy atom. The first-order valence-electron chi connectivity index (χ1n) is 5.10. The number of carboxylic acid groups (broad SMARTS) is 1. The van der Waals surface area contributed by atoms with E-state index in [-0.39, 0.29) is 5.92 Å². The van der Waals surface area contributed by atoms with Crippen LogP contribution in [0.1, 0.15) is 17.9 Å². The molecule has 1 aliphatic rings. The van der Waals surface area contributed by atoms with E-state index in [2.05, 4.69) is 0 Å². The van der Waals surface area contributed by atoms with Crippen molar-refractivity contribution in [1.82, 2.24) is 4.90 Å². The summed E-state index contributed by atoms with van der Waals surface area (Å²) in [5.41, 5.74) is 7.24. The van der Waals surface area contributed by atoms with Gasteiger partial charge in [0.1, 0.15) is 0 Å². The van der Waals surface area contributed by atoms with Crippen LogP contribution in [-0.4, -0.2) is 29.2 Å². The van der Waals surface area contributed by atoms with Crippen LogP contribution in [0, 0.1) is 0 Å². The van der Waals surface area contributed by atoms with E-state index in [0.29, 0.717) is 23.8 Å². The first-order chi connectivity index (χ1) is 7.58. The Hall–Kier alpha value is -1.42. The number of amides is 1. The van der Waals surface area contributed by atoms with Gasteiger partial charge in [-0.05, 0) is 24.1 Å². The van der Waals surface area contributed by atoms with Crippen molar-refractivity contribution >= 4 is 23.4 Å². The normalized spacial score (nSPS) is 20.1. The Balaban J connectivity index is 2.14.